The Balaban J connectivity index is 1.60. The van der Waals surface area contributed by atoms with E-state index in [0.717, 1.165) is 28.8 Å². The number of nitrogens with zero attached hydrogens (tertiary/aromatic N) is 1. The van der Waals surface area contributed by atoms with Crippen LogP contribution in [0.2, 0.25) is 10.0 Å². The molecular formula is C21H21Cl2NO4. The van der Waals surface area contributed by atoms with Gasteiger partial charge in [0.05, 0.1) is 30.5 Å². The van der Waals surface area contributed by atoms with Gasteiger partial charge in [0.1, 0.15) is 12.4 Å². The molecule has 2 aliphatic heterocycles. The van der Waals surface area contributed by atoms with Crippen molar-refractivity contribution >= 4 is 34.8 Å². The zero-order valence-electron chi connectivity index (χ0n) is 15.8. The Labute approximate surface area is 174 Å². The minimum atomic E-state index is -1.34. The first-order valence-electron chi connectivity index (χ1n) is 9.22. The third kappa shape index (κ3) is 3.26. The highest BCUT2D eigenvalue weighted by atomic mass is 35.5. The molecule has 0 saturated carbocycles. The molecule has 0 atom stereocenters. The van der Waals surface area contributed by atoms with Crippen LogP contribution in [0.3, 0.4) is 0 Å². The second-order valence-corrected chi connectivity index (χ2v) is 7.87. The normalized spacial score (nSPS) is 17.9. The molecule has 1 amide bonds. The maximum Gasteiger partial charge on any atom is 0.292 e. The van der Waals surface area contributed by atoms with Crippen LogP contribution in [-0.2, 0) is 20.1 Å². The van der Waals surface area contributed by atoms with E-state index in [2.05, 4.69) is 6.07 Å². The molecule has 1 saturated heterocycles. The lowest BCUT2D eigenvalue weighted by Crippen LogP contribution is -2.48. The minimum absolute atomic E-state index is 0.207. The monoisotopic (exact) mass is 421 g/mol. The van der Waals surface area contributed by atoms with Gasteiger partial charge in [-0.05, 0) is 50.1 Å². The van der Waals surface area contributed by atoms with E-state index in [0.29, 0.717) is 35.6 Å². The van der Waals surface area contributed by atoms with Gasteiger partial charge in [0.2, 0.25) is 0 Å². The van der Waals surface area contributed by atoms with Crippen molar-refractivity contribution in [3.05, 3.63) is 57.1 Å². The SMILES string of the molecule is Cc1cc(C)c2c(c1)C1(OCCCO1)C(=O)N2CCOc1ccc(Cl)cc1Cl. The number of hydrogen-bond acceptors (Lipinski definition) is 4. The number of ether oxygens (including phenoxy) is 3. The summed E-state index contributed by atoms with van der Waals surface area (Å²) in [7, 11) is 0. The number of benzene rings is 2. The molecular weight excluding hydrogens is 401 g/mol. The predicted octanol–water partition coefficient (Wildman–Crippen LogP) is 4.63. The number of carbonyl (C=O) groups excluding carboxylic acids is 1. The fourth-order valence-electron chi connectivity index (χ4n) is 3.83. The van der Waals surface area contributed by atoms with Crippen molar-refractivity contribution < 1.29 is 19.0 Å². The predicted molar refractivity (Wildman–Crippen MR) is 108 cm³/mol. The highest BCUT2D eigenvalue weighted by molar-refractivity contribution is 6.35. The molecule has 1 spiro atoms. The van der Waals surface area contributed by atoms with Gasteiger partial charge in [0.25, 0.3) is 11.7 Å². The summed E-state index contributed by atoms with van der Waals surface area (Å²) < 4.78 is 17.6. The van der Waals surface area contributed by atoms with E-state index in [1.54, 1.807) is 23.1 Å². The van der Waals surface area contributed by atoms with Gasteiger partial charge in [0.15, 0.2) is 0 Å². The molecule has 2 aliphatic rings. The van der Waals surface area contributed by atoms with Crippen LogP contribution in [0.1, 0.15) is 23.1 Å². The fourth-order valence-corrected chi connectivity index (χ4v) is 4.29. The van der Waals surface area contributed by atoms with Crippen molar-refractivity contribution in [2.75, 3.05) is 31.3 Å². The summed E-state index contributed by atoms with van der Waals surface area (Å²) in [5.74, 6) is -1.03. The Kier molecular flexibility index (Phi) is 5.27. The number of halogens is 2. The van der Waals surface area contributed by atoms with Gasteiger partial charge >= 0.3 is 0 Å². The first-order valence-corrected chi connectivity index (χ1v) is 9.97. The van der Waals surface area contributed by atoms with Gasteiger partial charge in [0, 0.05) is 10.6 Å². The van der Waals surface area contributed by atoms with E-state index in [1.807, 2.05) is 19.9 Å². The van der Waals surface area contributed by atoms with Crippen LogP contribution in [0.25, 0.3) is 0 Å². The van der Waals surface area contributed by atoms with Crippen LogP contribution in [-0.4, -0.2) is 32.3 Å². The number of carbonyl (C=O) groups is 1. The number of hydrogen-bond donors (Lipinski definition) is 0. The van der Waals surface area contributed by atoms with E-state index in [-0.39, 0.29) is 12.5 Å². The van der Waals surface area contributed by atoms with Crippen LogP contribution in [0, 0.1) is 13.8 Å². The lowest BCUT2D eigenvalue weighted by atomic mass is 10.00. The van der Waals surface area contributed by atoms with Crippen LogP contribution < -0.4 is 9.64 Å². The van der Waals surface area contributed by atoms with Crippen LogP contribution in [0.4, 0.5) is 5.69 Å². The van der Waals surface area contributed by atoms with Crippen LogP contribution in [0.5, 0.6) is 5.75 Å². The van der Waals surface area contributed by atoms with Crippen molar-refractivity contribution in [3.63, 3.8) is 0 Å². The molecule has 0 radical (unpaired) electrons. The highest BCUT2D eigenvalue weighted by Crippen LogP contribution is 2.47. The number of amides is 1. The second-order valence-electron chi connectivity index (χ2n) is 7.03. The first-order chi connectivity index (χ1) is 13.4. The van der Waals surface area contributed by atoms with Crippen molar-refractivity contribution in [1.29, 1.82) is 0 Å². The Morgan fingerprint density at radius 3 is 2.61 bits per heavy atom. The molecule has 2 heterocycles. The molecule has 2 aromatic carbocycles. The summed E-state index contributed by atoms with van der Waals surface area (Å²) in [6.45, 7) is 5.60. The molecule has 28 heavy (non-hydrogen) atoms. The second kappa shape index (κ2) is 7.56. The topological polar surface area (TPSA) is 48.0 Å². The van der Waals surface area contributed by atoms with Crippen LogP contribution >= 0.6 is 23.2 Å². The summed E-state index contributed by atoms with van der Waals surface area (Å²) in [6.07, 6.45) is 0.771. The lowest BCUT2D eigenvalue weighted by molar-refractivity contribution is -0.256. The quantitative estimate of drug-likeness (QED) is 0.721. The van der Waals surface area contributed by atoms with Crippen molar-refractivity contribution in [1.82, 2.24) is 0 Å². The third-order valence-corrected chi connectivity index (χ3v) is 5.49. The highest BCUT2D eigenvalue weighted by Gasteiger charge is 2.55. The fraction of sp³-hybridized carbons (Fsp3) is 0.381. The Bertz CT molecular complexity index is 925. The minimum Gasteiger partial charge on any atom is -0.490 e. The molecule has 0 unspecified atom stereocenters. The van der Waals surface area contributed by atoms with E-state index >= 15 is 0 Å². The largest absolute Gasteiger partial charge is 0.490 e. The van der Waals surface area contributed by atoms with Crippen molar-refractivity contribution in [2.45, 2.75) is 26.1 Å². The van der Waals surface area contributed by atoms with E-state index in [1.165, 1.54) is 0 Å². The molecule has 148 valence electrons. The molecule has 0 N–H and O–H groups in total. The number of fused-ring (bicyclic) bond motifs is 2. The number of aryl methyl sites for hydroxylation is 2. The van der Waals surface area contributed by atoms with Crippen molar-refractivity contribution in [2.24, 2.45) is 0 Å². The molecule has 0 bridgehead atoms. The van der Waals surface area contributed by atoms with E-state index < -0.39 is 5.79 Å². The van der Waals surface area contributed by atoms with Gasteiger partial charge in [-0.25, -0.2) is 0 Å². The van der Waals surface area contributed by atoms with Gasteiger partial charge < -0.3 is 19.1 Å². The Morgan fingerprint density at radius 1 is 1.14 bits per heavy atom. The summed E-state index contributed by atoms with van der Waals surface area (Å²) in [5, 5.41) is 0.975. The molecule has 0 aromatic heterocycles. The number of rotatable bonds is 4. The zero-order chi connectivity index (χ0) is 19.9. The third-order valence-electron chi connectivity index (χ3n) is 4.96. The summed E-state index contributed by atoms with van der Waals surface area (Å²) in [6, 6.07) is 9.08. The van der Waals surface area contributed by atoms with Crippen molar-refractivity contribution in [3.8, 4) is 5.75 Å². The van der Waals surface area contributed by atoms with Gasteiger partial charge in [-0.2, -0.15) is 0 Å². The summed E-state index contributed by atoms with van der Waals surface area (Å²) in [4.78, 5) is 15.0. The maximum absolute atomic E-state index is 13.3. The van der Waals surface area contributed by atoms with Gasteiger partial charge in [-0.3, -0.25) is 4.79 Å². The molecule has 0 aliphatic carbocycles. The number of anilines is 1. The smallest absolute Gasteiger partial charge is 0.292 e. The molecule has 2 aromatic rings. The average Bonchev–Trinajstić information content (AvgIpc) is 2.87. The summed E-state index contributed by atoms with van der Waals surface area (Å²) in [5.41, 5.74) is 3.68. The standard InChI is InChI=1S/C21H21Cl2NO4/c1-13-10-14(2)19-16(11-13)21(27-7-3-8-28-21)20(25)24(19)6-9-26-18-5-4-15(22)12-17(18)23/h4-5,10-12H,3,6-9H2,1-2H3. The van der Waals surface area contributed by atoms with Crippen LogP contribution in [0.15, 0.2) is 30.3 Å². The van der Waals surface area contributed by atoms with E-state index in [9.17, 15) is 4.79 Å². The lowest BCUT2D eigenvalue weighted by Gasteiger charge is -2.32. The Morgan fingerprint density at radius 2 is 1.89 bits per heavy atom. The molecule has 4 rings (SSSR count). The molecule has 7 heteroatoms. The maximum atomic E-state index is 13.3. The summed E-state index contributed by atoms with van der Waals surface area (Å²) >= 11 is 12.1. The first kappa shape index (κ1) is 19.5. The Hall–Kier alpha value is -1.79. The molecule has 1 fully saturated rings. The van der Waals surface area contributed by atoms with Gasteiger partial charge in [-0.1, -0.05) is 34.8 Å². The zero-order valence-corrected chi connectivity index (χ0v) is 17.3. The average molecular weight is 422 g/mol. The van der Waals surface area contributed by atoms with Gasteiger partial charge in [-0.15, -0.1) is 0 Å². The molecule has 5 nitrogen and oxygen atoms in total. The van der Waals surface area contributed by atoms with E-state index in [4.69, 9.17) is 37.4 Å².